The van der Waals surface area contributed by atoms with Gasteiger partial charge in [-0.15, -0.1) is 0 Å². The monoisotopic (exact) mass is 1660 g/mol. The highest BCUT2D eigenvalue weighted by Gasteiger charge is 2.15. The van der Waals surface area contributed by atoms with Crippen molar-refractivity contribution in [3.8, 4) is 59.2 Å². The molecule has 11 nitrogen and oxygen atoms in total. The molecular weight excluding hydrogens is 1540 g/mol. The van der Waals surface area contributed by atoms with E-state index in [-0.39, 0.29) is 5.82 Å². The number of halogens is 2. The SMILES string of the molecule is CCCc1cccc2c1cc(C#CCNc1ccc(C)cc1)n2CC.CCCc1cccc2c1cc(C#CCNc1ccc(Cl)cc1)n2CC.CCCc1cccc2c1cc(C#CCNc1ccc(F)cc1)n2CC.CCCc1cccc2c1cc(C#CCNc1ccccc1)n2CC.CCCc1cccc2c1cc(C#CCNc1ccnc(C)c1)n2CC. The molecule has 0 atom stereocenters. The third-order valence-electron chi connectivity index (χ3n) is 21.8. The Hall–Kier alpha value is -13.2. The van der Waals surface area contributed by atoms with Gasteiger partial charge in [-0.25, -0.2) is 4.39 Å². The Morgan fingerprint density at radius 2 is 0.556 bits per heavy atom. The number of para-hydroxylation sites is 1. The van der Waals surface area contributed by atoms with Crippen molar-refractivity contribution in [1.82, 2.24) is 27.8 Å². The minimum absolute atomic E-state index is 0.230. The lowest BCUT2D eigenvalue weighted by Gasteiger charge is -2.05. The van der Waals surface area contributed by atoms with Crippen LogP contribution in [0.25, 0.3) is 54.5 Å². The van der Waals surface area contributed by atoms with Crippen molar-refractivity contribution in [1.29, 1.82) is 0 Å². The second-order valence-corrected chi connectivity index (χ2v) is 31.0. The van der Waals surface area contributed by atoms with Crippen molar-refractivity contribution < 1.29 is 4.39 Å². The number of rotatable bonds is 25. The predicted octanol–water partition coefficient (Wildman–Crippen LogP) is 26.2. The lowest BCUT2D eigenvalue weighted by atomic mass is 10.1. The number of benzene rings is 9. The smallest absolute Gasteiger partial charge is 0.123 e. The van der Waals surface area contributed by atoms with Crippen LogP contribution in [0.2, 0.25) is 5.02 Å². The van der Waals surface area contributed by atoms with Gasteiger partial charge in [0.25, 0.3) is 0 Å². The summed E-state index contributed by atoms with van der Waals surface area (Å²) in [6.45, 7) is 33.7. The summed E-state index contributed by atoms with van der Waals surface area (Å²) in [6.07, 6.45) is 13.1. The Kier molecular flexibility index (Phi) is 35.4. The molecule has 0 saturated heterocycles. The minimum Gasteiger partial charge on any atom is -0.374 e. The average molecular weight is 1660 g/mol. The standard InChI is InChI=1S/C23H26N2.C22H23ClN2.C22H23FN2.C22H25N3.C22H24N2/c1-4-8-19-9-6-11-23-22(19)17-21(25(23)5-2)10-7-16-24-20-14-12-18(3)13-15-20;2*1-3-7-17-8-5-10-22-21(17)16-20(25(22)4-2)9-6-15-24-19-13-11-18(23)12-14-19;1-4-8-18-9-6-11-22-21(18)16-20(25(22)5-2)10-7-13-24-19-12-14-23-17(3)15-19;1-3-10-18-11-8-15-22-21(18)17-20(24(22)4-2)14-9-16-23-19-12-6-5-7-13-19/h6,9,11-15,17,24H,4-5,8,16H2,1-3H3;2*5,8,10-14,16,24H,3-4,7,15H2,1-2H3;6,9,11-12,14-16H,4-5,8,13H2,1-3H3,(H,23,24);5-8,11-13,15,17,23H,3-4,10,16H2,1-2H3. The van der Waals surface area contributed by atoms with Crippen LogP contribution in [0.15, 0.2) is 243 Å². The van der Waals surface area contributed by atoms with Gasteiger partial charge >= 0.3 is 0 Å². The summed E-state index contributed by atoms with van der Waals surface area (Å²) in [5.41, 5.74) is 26.4. The van der Waals surface area contributed by atoms with Gasteiger partial charge in [-0.05, 0) is 284 Å². The molecule has 13 heteroatoms. The zero-order valence-electron chi connectivity index (χ0n) is 74.7. The molecule has 15 aromatic rings. The molecule has 0 aliphatic carbocycles. The van der Waals surface area contributed by atoms with Gasteiger partial charge in [-0.1, -0.05) is 204 Å². The molecule has 0 radical (unpaired) electrons. The first-order valence-corrected chi connectivity index (χ1v) is 44.9. The van der Waals surface area contributed by atoms with Crippen molar-refractivity contribution in [2.45, 2.75) is 180 Å². The van der Waals surface area contributed by atoms with Crippen LogP contribution in [0.3, 0.4) is 0 Å². The third-order valence-corrected chi connectivity index (χ3v) is 22.0. The molecule has 6 heterocycles. The molecule has 6 aromatic heterocycles. The molecule has 0 fully saturated rings. The van der Waals surface area contributed by atoms with E-state index in [0.717, 1.165) is 158 Å². The predicted molar refractivity (Wildman–Crippen MR) is 529 cm³/mol. The van der Waals surface area contributed by atoms with Crippen molar-refractivity contribution >= 4 is 94.6 Å². The maximum Gasteiger partial charge on any atom is 0.123 e. The van der Waals surface area contributed by atoms with E-state index in [1.165, 1.54) is 106 Å². The number of nitrogens with zero attached hydrogens (tertiary/aromatic N) is 6. The molecule has 0 saturated carbocycles. The fourth-order valence-electron chi connectivity index (χ4n) is 15.8. The van der Waals surface area contributed by atoms with E-state index in [1.54, 1.807) is 12.1 Å². The molecular formula is C111H121ClFN11. The van der Waals surface area contributed by atoms with Crippen molar-refractivity contribution in [3.63, 3.8) is 0 Å². The van der Waals surface area contributed by atoms with Gasteiger partial charge in [0.05, 0.1) is 61.2 Å². The van der Waals surface area contributed by atoms with E-state index >= 15 is 0 Å². The first-order chi connectivity index (χ1) is 60.7. The highest BCUT2D eigenvalue weighted by Crippen LogP contribution is 2.31. The van der Waals surface area contributed by atoms with Gasteiger partial charge in [0.15, 0.2) is 0 Å². The number of hydrogen-bond acceptors (Lipinski definition) is 6. The summed E-state index contributed by atoms with van der Waals surface area (Å²) in [7, 11) is 0. The normalized spacial score (nSPS) is 10.5. The Bertz CT molecular complexity index is 5940. The number of anilines is 5. The average Bonchev–Trinajstić information content (AvgIpc) is 1.67. The summed E-state index contributed by atoms with van der Waals surface area (Å²) in [5, 5.41) is 24.0. The van der Waals surface area contributed by atoms with Gasteiger partial charge in [0.1, 0.15) is 5.82 Å². The maximum atomic E-state index is 12.9. The van der Waals surface area contributed by atoms with Gasteiger partial charge in [-0.3, -0.25) is 4.98 Å². The summed E-state index contributed by atoms with van der Waals surface area (Å²) in [4.78, 5) is 4.21. The van der Waals surface area contributed by atoms with E-state index in [1.807, 2.05) is 67.7 Å². The Balaban J connectivity index is 0.000000151. The zero-order valence-corrected chi connectivity index (χ0v) is 75.4. The summed E-state index contributed by atoms with van der Waals surface area (Å²) in [5.74, 6) is 32.6. The molecule has 5 N–H and O–H groups in total. The highest BCUT2D eigenvalue weighted by atomic mass is 35.5. The number of nitrogens with one attached hydrogen (secondary N) is 5. The van der Waals surface area contributed by atoms with Crippen LogP contribution in [-0.2, 0) is 64.8 Å². The first kappa shape index (κ1) is 91.6. The van der Waals surface area contributed by atoms with Crippen LogP contribution < -0.4 is 26.6 Å². The van der Waals surface area contributed by atoms with Gasteiger partial charge in [0.2, 0.25) is 0 Å². The van der Waals surface area contributed by atoms with Crippen LogP contribution in [0.4, 0.5) is 32.8 Å². The molecule has 0 amide bonds. The lowest BCUT2D eigenvalue weighted by Crippen LogP contribution is -2.00. The van der Waals surface area contributed by atoms with E-state index in [2.05, 4.69) is 347 Å². The van der Waals surface area contributed by atoms with Crippen LogP contribution in [0.1, 0.15) is 169 Å². The van der Waals surface area contributed by atoms with Crippen molar-refractivity contribution in [2.75, 3.05) is 59.3 Å². The largest absolute Gasteiger partial charge is 0.374 e. The molecule has 634 valence electrons. The second-order valence-electron chi connectivity index (χ2n) is 30.6. The van der Waals surface area contributed by atoms with E-state index in [0.29, 0.717) is 32.7 Å². The molecule has 0 bridgehead atoms. The van der Waals surface area contributed by atoms with E-state index < -0.39 is 0 Å². The molecule has 0 aliphatic heterocycles. The van der Waals surface area contributed by atoms with Crippen LogP contribution in [0.5, 0.6) is 0 Å². The minimum atomic E-state index is -0.230. The van der Waals surface area contributed by atoms with Gasteiger partial charge in [0, 0.05) is 133 Å². The Labute approximate surface area is 741 Å². The molecule has 15 rings (SSSR count). The first-order valence-electron chi connectivity index (χ1n) is 44.5. The number of fused-ring (bicyclic) bond motifs is 5. The Morgan fingerprint density at radius 3 is 0.831 bits per heavy atom. The number of aromatic nitrogens is 6. The van der Waals surface area contributed by atoms with Crippen molar-refractivity contribution in [3.05, 3.63) is 321 Å². The number of hydrogen-bond donors (Lipinski definition) is 5. The van der Waals surface area contributed by atoms with Crippen LogP contribution in [0, 0.1) is 78.9 Å². The third kappa shape index (κ3) is 25.0. The summed E-state index contributed by atoms with van der Waals surface area (Å²) >= 11 is 5.90. The molecule has 124 heavy (non-hydrogen) atoms. The quantitative estimate of drug-likeness (QED) is 0.0366. The lowest BCUT2D eigenvalue weighted by molar-refractivity contribution is 0.628. The van der Waals surface area contributed by atoms with E-state index in [4.69, 9.17) is 11.6 Å². The molecule has 0 aliphatic rings. The van der Waals surface area contributed by atoms with Gasteiger partial charge < -0.3 is 49.4 Å². The molecule has 0 unspecified atom stereocenters. The van der Waals surface area contributed by atoms with Crippen molar-refractivity contribution in [2.24, 2.45) is 0 Å². The molecule has 0 spiro atoms. The number of pyridine rings is 1. The zero-order chi connectivity index (χ0) is 87.4. The summed E-state index contributed by atoms with van der Waals surface area (Å²) in [6, 6.07) is 80.6. The second kappa shape index (κ2) is 47.9. The molecule has 9 aromatic carbocycles. The fraction of sp³-hybridized carbons (Fsp3) is 0.288. The van der Waals surface area contributed by atoms with Crippen LogP contribution in [-0.4, -0.2) is 60.5 Å². The van der Waals surface area contributed by atoms with E-state index in [9.17, 15) is 4.39 Å². The number of aryl methyl sites for hydroxylation is 12. The van der Waals surface area contributed by atoms with Crippen LogP contribution >= 0.6 is 11.6 Å². The fourth-order valence-corrected chi connectivity index (χ4v) is 15.9. The maximum absolute atomic E-state index is 12.9. The topological polar surface area (TPSA) is 97.7 Å². The Morgan fingerprint density at radius 1 is 0.290 bits per heavy atom. The summed E-state index contributed by atoms with van der Waals surface area (Å²) < 4.78 is 24.4. The van der Waals surface area contributed by atoms with Gasteiger partial charge in [-0.2, -0.15) is 0 Å². The highest BCUT2D eigenvalue weighted by molar-refractivity contribution is 6.30.